The highest BCUT2D eigenvalue weighted by Gasteiger charge is 2.28. The second kappa shape index (κ2) is 13.4. The van der Waals surface area contributed by atoms with Crippen LogP contribution in [0.1, 0.15) is 47.9 Å². The van der Waals surface area contributed by atoms with Crippen LogP contribution in [0.5, 0.6) is 11.5 Å². The van der Waals surface area contributed by atoms with Crippen molar-refractivity contribution in [1.29, 1.82) is 0 Å². The molecule has 0 aromatic heterocycles. The highest BCUT2D eigenvalue weighted by atomic mass is 16.5. The Morgan fingerprint density at radius 2 is 0.870 bits per heavy atom. The maximum atomic E-state index is 5.87. The van der Waals surface area contributed by atoms with E-state index in [1.54, 1.807) is 14.2 Å². The molecule has 0 saturated heterocycles. The Hall–Kier alpha value is -5.22. The van der Waals surface area contributed by atoms with Gasteiger partial charge < -0.3 is 9.47 Å². The zero-order valence-electron chi connectivity index (χ0n) is 26.4. The number of aliphatic imine (C=N–C) groups is 2. The molecule has 1 aliphatic carbocycles. The van der Waals surface area contributed by atoms with E-state index in [9.17, 15) is 0 Å². The number of fused-ring (bicyclic) bond motifs is 2. The summed E-state index contributed by atoms with van der Waals surface area (Å²) in [7, 11) is 3.46. The van der Waals surface area contributed by atoms with Crippen LogP contribution in [0.3, 0.4) is 0 Å². The average molecular weight is 603 g/mol. The van der Waals surface area contributed by atoms with Gasteiger partial charge in [0.05, 0.1) is 37.7 Å². The largest absolute Gasteiger partial charge is 0.496 e. The molecule has 46 heavy (non-hydrogen) atoms. The van der Waals surface area contributed by atoms with Gasteiger partial charge in [-0.05, 0) is 70.8 Å². The van der Waals surface area contributed by atoms with Crippen molar-refractivity contribution in [3.05, 3.63) is 156 Å². The molecule has 4 heteroatoms. The summed E-state index contributed by atoms with van der Waals surface area (Å²) in [6.07, 6.45) is 4.18. The molecule has 0 aliphatic heterocycles. The van der Waals surface area contributed by atoms with Gasteiger partial charge in [0.25, 0.3) is 0 Å². The first-order valence-electron chi connectivity index (χ1n) is 16.1. The molecule has 4 nitrogen and oxygen atoms in total. The van der Waals surface area contributed by atoms with Crippen LogP contribution in [0.2, 0.25) is 0 Å². The summed E-state index contributed by atoms with van der Waals surface area (Å²) in [6.45, 7) is 0. The van der Waals surface area contributed by atoms with Crippen LogP contribution < -0.4 is 9.47 Å². The van der Waals surface area contributed by atoms with Gasteiger partial charge >= 0.3 is 0 Å². The maximum Gasteiger partial charge on any atom is 0.128 e. The van der Waals surface area contributed by atoms with E-state index in [2.05, 4.69) is 109 Å². The summed E-state index contributed by atoms with van der Waals surface area (Å²) in [5.74, 6) is 1.63. The fourth-order valence-corrected chi connectivity index (χ4v) is 6.68. The SMILES string of the molecule is COc1ccccc1C(=N[C@@H]1CCCC[C@H]1N=C(c1ccc2ccccc2c1)c1ccccc1OC)c1ccc2ccccc2c1. The second-order valence-corrected chi connectivity index (χ2v) is 11.9. The zero-order valence-corrected chi connectivity index (χ0v) is 26.4. The summed E-state index contributed by atoms with van der Waals surface area (Å²) < 4.78 is 11.7. The van der Waals surface area contributed by atoms with Crippen molar-refractivity contribution in [2.45, 2.75) is 37.8 Å². The summed E-state index contributed by atoms with van der Waals surface area (Å²) in [5.41, 5.74) is 6.03. The van der Waals surface area contributed by atoms with Crippen LogP contribution in [0.25, 0.3) is 21.5 Å². The van der Waals surface area contributed by atoms with Gasteiger partial charge in [0.15, 0.2) is 0 Å². The maximum absolute atomic E-state index is 5.87. The van der Waals surface area contributed by atoms with E-state index in [-0.39, 0.29) is 12.1 Å². The molecule has 0 N–H and O–H groups in total. The van der Waals surface area contributed by atoms with E-state index >= 15 is 0 Å². The van der Waals surface area contributed by atoms with Crippen molar-refractivity contribution >= 4 is 33.0 Å². The van der Waals surface area contributed by atoms with Crippen LogP contribution >= 0.6 is 0 Å². The Bertz CT molecular complexity index is 1910. The van der Waals surface area contributed by atoms with Crippen molar-refractivity contribution in [2.75, 3.05) is 14.2 Å². The van der Waals surface area contributed by atoms with Gasteiger partial charge in [-0.1, -0.05) is 110 Å². The minimum Gasteiger partial charge on any atom is -0.496 e. The number of hydrogen-bond donors (Lipinski definition) is 0. The Morgan fingerprint density at radius 3 is 1.30 bits per heavy atom. The lowest BCUT2D eigenvalue weighted by molar-refractivity contribution is 0.388. The Balaban J connectivity index is 1.39. The Labute approximate surface area is 271 Å². The third-order valence-electron chi connectivity index (χ3n) is 9.05. The first-order chi connectivity index (χ1) is 22.7. The monoisotopic (exact) mass is 602 g/mol. The van der Waals surface area contributed by atoms with Gasteiger partial charge in [-0.15, -0.1) is 0 Å². The molecule has 2 atom stereocenters. The van der Waals surface area contributed by atoms with E-state index in [1.165, 1.54) is 21.5 Å². The number of nitrogens with zero attached hydrogens (tertiary/aromatic N) is 2. The van der Waals surface area contributed by atoms with E-state index < -0.39 is 0 Å². The second-order valence-electron chi connectivity index (χ2n) is 11.9. The molecule has 1 fully saturated rings. The number of rotatable bonds is 8. The van der Waals surface area contributed by atoms with Crippen LogP contribution in [0.15, 0.2) is 143 Å². The van der Waals surface area contributed by atoms with Crippen LogP contribution in [0, 0.1) is 0 Å². The minimum absolute atomic E-state index is 0.00490. The molecule has 6 aromatic carbocycles. The molecule has 0 unspecified atom stereocenters. The fourth-order valence-electron chi connectivity index (χ4n) is 6.68. The summed E-state index contributed by atoms with van der Waals surface area (Å²) >= 11 is 0. The summed E-state index contributed by atoms with van der Waals surface area (Å²) in [5, 5.41) is 4.80. The van der Waals surface area contributed by atoms with Gasteiger partial charge in [-0.25, -0.2) is 0 Å². The Kier molecular flexibility index (Phi) is 8.60. The lowest BCUT2D eigenvalue weighted by Gasteiger charge is -2.28. The van der Waals surface area contributed by atoms with Gasteiger partial charge in [-0.3, -0.25) is 9.98 Å². The van der Waals surface area contributed by atoms with Crippen molar-refractivity contribution < 1.29 is 9.47 Å². The number of para-hydroxylation sites is 2. The number of methoxy groups -OCH3 is 2. The van der Waals surface area contributed by atoms with Crippen molar-refractivity contribution in [2.24, 2.45) is 9.98 Å². The van der Waals surface area contributed by atoms with E-state index in [4.69, 9.17) is 19.5 Å². The van der Waals surface area contributed by atoms with Crippen molar-refractivity contribution in [3.63, 3.8) is 0 Å². The number of ether oxygens (including phenoxy) is 2. The molecule has 0 spiro atoms. The van der Waals surface area contributed by atoms with Crippen molar-refractivity contribution in [1.82, 2.24) is 0 Å². The van der Waals surface area contributed by atoms with Gasteiger partial charge in [0, 0.05) is 22.3 Å². The molecule has 0 heterocycles. The third-order valence-corrected chi connectivity index (χ3v) is 9.05. The molecule has 228 valence electrons. The minimum atomic E-state index is 0.00490. The van der Waals surface area contributed by atoms with E-state index in [0.29, 0.717) is 0 Å². The first kappa shape index (κ1) is 29.5. The molecule has 1 saturated carbocycles. The average Bonchev–Trinajstić information content (AvgIpc) is 3.13. The first-order valence-corrected chi connectivity index (χ1v) is 16.1. The van der Waals surface area contributed by atoms with Crippen LogP contribution in [-0.2, 0) is 0 Å². The molecule has 6 aromatic rings. The lowest BCUT2D eigenvalue weighted by Crippen LogP contribution is -2.30. The van der Waals surface area contributed by atoms with Crippen LogP contribution in [-0.4, -0.2) is 37.7 Å². The predicted octanol–water partition coefficient (Wildman–Crippen LogP) is 9.70. The smallest absolute Gasteiger partial charge is 0.128 e. The number of hydrogen-bond acceptors (Lipinski definition) is 4. The fraction of sp³-hybridized carbons (Fsp3) is 0.190. The quantitative estimate of drug-likeness (QED) is 0.163. The number of benzene rings is 6. The van der Waals surface area contributed by atoms with Gasteiger partial charge in [0.1, 0.15) is 11.5 Å². The van der Waals surface area contributed by atoms with E-state index in [0.717, 1.165) is 70.9 Å². The third kappa shape index (κ3) is 6.03. The lowest BCUT2D eigenvalue weighted by atomic mass is 9.89. The summed E-state index contributed by atoms with van der Waals surface area (Å²) in [4.78, 5) is 11.2. The van der Waals surface area contributed by atoms with Crippen molar-refractivity contribution in [3.8, 4) is 11.5 Å². The van der Waals surface area contributed by atoms with Crippen LogP contribution in [0.4, 0.5) is 0 Å². The normalized spacial score (nSPS) is 17.3. The Morgan fingerprint density at radius 1 is 0.478 bits per heavy atom. The standard InChI is InChI=1S/C42H38N2O2/c1-45-39-21-11-7-17-35(39)41(33-25-23-29-13-3-5-15-31(29)27-33)43-37-19-9-10-20-38(37)44-42(36-18-8-12-22-40(36)46-2)34-26-24-30-14-4-6-16-32(30)28-34/h3-8,11-18,21-28,37-38H,9-10,19-20H2,1-2H3/t37-,38-/m1/s1. The molecule has 1 aliphatic rings. The van der Waals surface area contributed by atoms with Gasteiger partial charge in [0.2, 0.25) is 0 Å². The molecular weight excluding hydrogens is 564 g/mol. The highest BCUT2D eigenvalue weighted by Crippen LogP contribution is 2.32. The van der Waals surface area contributed by atoms with E-state index in [1.807, 2.05) is 24.3 Å². The predicted molar refractivity (Wildman–Crippen MR) is 191 cm³/mol. The van der Waals surface area contributed by atoms with Gasteiger partial charge in [-0.2, -0.15) is 0 Å². The highest BCUT2D eigenvalue weighted by molar-refractivity contribution is 6.17. The molecule has 7 rings (SSSR count). The zero-order chi connectivity index (χ0) is 31.3. The molecular formula is C42H38N2O2. The molecule has 0 radical (unpaired) electrons. The topological polar surface area (TPSA) is 43.2 Å². The summed E-state index contributed by atoms with van der Waals surface area (Å²) in [6, 6.07) is 46.6. The molecule has 0 amide bonds. The molecule has 0 bridgehead atoms.